The Hall–Kier alpha value is -1.48. The van der Waals surface area contributed by atoms with E-state index in [9.17, 15) is 4.79 Å². The van der Waals surface area contributed by atoms with Crippen LogP contribution >= 0.6 is 11.6 Å². The van der Waals surface area contributed by atoms with Gasteiger partial charge in [-0.05, 0) is 25.0 Å². The summed E-state index contributed by atoms with van der Waals surface area (Å²) in [4.78, 5) is 14.8. The minimum atomic E-state index is -0.00452. The van der Waals surface area contributed by atoms with Crippen molar-refractivity contribution in [1.29, 1.82) is 0 Å². The van der Waals surface area contributed by atoms with Crippen LogP contribution in [0.25, 0.3) is 10.9 Å². The Morgan fingerprint density at radius 2 is 2.25 bits per heavy atom. The standard InChI is InChI=1S/C12H11ClN2O/c13-10-6-14-11-5-7(1-4-9(10)11)12(16)15-8-2-3-8/h1,4-6,8,14H,2-3H2,(H,15,16). The highest BCUT2D eigenvalue weighted by Crippen LogP contribution is 2.24. The van der Waals surface area contributed by atoms with E-state index in [4.69, 9.17) is 11.6 Å². The van der Waals surface area contributed by atoms with E-state index < -0.39 is 0 Å². The largest absolute Gasteiger partial charge is 0.360 e. The molecular formula is C12H11ClN2O. The first-order chi connectivity index (χ1) is 7.74. The summed E-state index contributed by atoms with van der Waals surface area (Å²) in [6, 6.07) is 5.89. The average molecular weight is 235 g/mol. The van der Waals surface area contributed by atoms with E-state index in [1.165, 1.54) is 0 Å². The van der Waals surface area contributed by atoms with Crippen molar-refractivity contribution in [3.63, 3.8) is 0 Å². The quantitative estimate of drug-likeness (QED) is 0.825. The van der Waals surface area contributed by atoms with Crippen LogP contribution in [0.3, 0.4) is 0 Å². The van der Waals surface area contributed by atoms with Gasteiger partial charge in [0.1, 0.15) is 0 Å². The number of fused-ring (bicyclic) bond motifs is 1. The molecule has 3 nitrogen and oxygen atoms in total. The minimum absolute atomic E-state index is 0.00452. The normalized spacial score (nSPS) is 15.3. The zero-order valence-electron chi connectivity index (χ0n) is 8.59. The van der Waals surface area contributed by atoms with Crippen LogP contribution in [0, 0.1) is 0 Å². The summed E-state index contributed by atoms with van der Waals surface area (Å²) in [5, 5.41) is 4.59. The molecule has 1 saturated carbocycles. The van der Waals surface area contributed by atoms with Gasteiger partial charge in [-0.25, -0.2) is 0 Å². The summed E-state index contributed by atoms with van der Waals surface area (Å²) >= 11 is 5.97. The molecule has 1 aromatic carbocycles. The van der Waals surface area contributed by atoms with Gasteiger partial charge in [-0.3, -0.25) is 4.79 Å². The predicted octanol–water partition coefficient (Wildman–Crippen LogP) is 2.71. The molecule has 1 aliphatic rings. The molecule has 0 unspecified atom stereocenters. The summed E-state index contributed by atoms with van der Waals surface area (Å²) in [6.45, 7) is 0. The molecule has 16 heavy (non-hydrogen) atoms. The summed E-state index contributed by atoms with van der Waals surface area (Å²) in [5.41, 5.74) is 1.58. The van der Waals surface area contributed by atoms with E-state index in [-0.39, 0.29) is 5.91 Å². The van der Waals surface area contributed by atoms with Gasteiger partial charge in [-0.1, -0.05) is 17.7 Å². The Morgan fingerprint density at radius 1 is 1.44 bits per heavy atom. The van der Waals surface area contributed by atoms with E-state index in [0.29, 0.717) is 16.6 Å². The van der Waals surface area contributed by atoms with Gasteiger partial charge in [0.05, 0.1) is 5.02 Å². The van der Waals surface area contributed by atoms with E-state index >= 15 is 0 Å². The van der Waals surface area contributed by atoms with Crippen molar-refractivity contribution in [2.24, 2.45) is 0 Å². The number of hydrogen-bond donors (Lipinski definition) is 2. The summed E-state index contributed by atoms with van der Waals surface area (Å²) in [6.07, 6.45) is 3.93. The van der Waals surface area contributed by atoms with E-state index in [1.54, 1.807) is 12.3 Å². The lowest BCUT2D eigenvalue weighted by atomic mass is 10.1. The monoisotopic (exact) mass is 234 g/mol. The lowest BCUT2D eigenvalue weighted by Crippen LogP contribution is -2.25. The molecule has 0 aliphatic heterocycles. The van der Waals surface area contributed by atoms with Crippen molar-refractivity contribution < 1.29 is 4.79 Å². The van der Waals surface area contributed by atoms with Crippen LogP contribution in [-0.2, 0) is 0 Å². The smallest absolute Gasteiger partial charge is 0.251 e. The van der Waals surface area contributed by atoms with E-state index in [2.05, 4.69) is 10.3 Å². The van der Waals surface area contributed by atoms with Crippen LogP contribution in [0.4, 0.5) is 0 Å². The second kappa shape index (κ2) is 3.52. The molecule has 1 heterocycles. The molecule has 4 heteroatoms. The molecule has 1 fully saturated rings. The van der Waals surface area contributed by atoms with Crippen LogP contribution in [0.2, 0.25) is 5.02 Å². The topological polar surface area (TPSA) is 44.9 Å². The molecule has 0 spiro atoms. The Balaban J connectivity index is 1.94. The van der Waals surface area contributed by atoms with Crippen molar-refractivity contribution in [3.8, 4) is 0 Å². The minimum Gasteiger partial charge on any atom is -0.360 e. The van der Waals surface area contributed by atoms with Gasteiger partial charge in [0.15, 0.2) is 0 Å². The van der Waals surface area contributed by atoms with Crippen molar-refractivity contribution >= 4 is 28.4 Å². The lowest BCUT2D eigenvalue weighted by Gasteiger charge is -2.03. The van der Waals surface area contributed by atoms with Crippen LogP contribution in [-0.4, -0.2) is 16.9 Å². The number of benzene rings is 1. The maximum absolute atomic E-state index is 11.8. The maximum atomic E-state index is 11.8. The van der Waals surface area contributed by atoms with Crippen LogP contribution in [0.1, 0.15) is 23.2 Å². The molecule has 0 atom stereocenters. The third-order valence-corrected chi connectivity index (χ3v) is 3.12. The van der Waals surface area contributed by atoms with Gasteiger partial charge in [0.2, 0.25) is 0 Å². The summed E-state index contributed by atoms with van der Waals surface area (Å²) in [5.74, 6) is -0.00452. The number of aromatic nitrogens is 1. The third kappa shape index (κ3) is 1.67. The van der Waals surface area contributed by atoms with Gasteiger partial charge in [-0.2, -0.15) is 0 Å². The van der Waals surface area contributed by atoms with Gasteiger partial charge >= 0.3 is 0 Å². The zero-order valence-corrected chi connectivity index (χ0v) is 9.34. The molecule has 3 rings (SSSR count). The first-order valence-corrected chi connectivity index (χ1v) is 5.69. The number of hydrogen-bond acceptors (Lipinski definition) is 1. The highest BCUT2D eigenvalue weighted by Gasteiger charge is 2.23. The number of rotatable bonds is 2. The molecular weight excluding hydrogens is 224 g/mol. The predicted molar refractivity (Wildman–Crippen MR) is 63.8 cm³/mol. The molecule has 0 bridgehead atoms. The van der Waals surface area contributed by atoms with Gasteiger partial charge in [0, 0.05) is 28.7 Å². The number of amides is 1. The van der Waals surface area contributed by atoms with Crippen LogP contribution < -0.4 is 5.32 Å². The number of carbonyl (C=O) groups is 1. The molecule has 0 saturated heterocycles. The van der Waals surface area contributed by atoms with Crippen molar-refractivity contribution in [3.05, 3.63) is 35.0 Å². The number of carbonyl (C=O) groups excluding carboxylic acids is 1. The lowest BCUT2D eigenvalue weighted by molar-refractivity contribution is 0.0951. The Morgan fingerprint density at radius 3 is 3.00 bits per heavy atom. The Kier molecular flexibility index (Phi) is 2.14. The van der Waals surface area contributed by atoms with Gasteiger partial charge in [-0.15, -0.1) is 0 Å². The first-order valence-electron chi connectivity index (χ1n) is 5.31. The van der Waals surface area contributed by atoms with E-state index in [1.807, 2.05) is 12.1 Å². The summed E-state index contributed by atoms with van der Waals surface area (Å²) in [7, 11) is 0. The highest BCUT2D eigenvalue weighted by atomic mass is 35.5. The number of H-pyrrole nitrogens is 1. The third-order valence-electron chi connectivity index (χ3n) is 2.81. The highest BCUT2D eigenvalue weighted by molar-refractivity contribution is 6.35. The van der Waals surface area contributed by atoms with Gasteiger partial charge in [0.25, 0.3) is 5.91 Å². The van der Waals surface area contributed by atoms with Crippen LogP contribution in [0.15, 0.2) is 24.4 Å². The van der Waals surface area contributed by atoms with Crippen molar-refractivity contribution in [1.82, 2.24) is 10.3 Å². The van der Waals surface area contributed by atoms with Crippen LogP contribution in [0.5, 0.6) is 0 Å². The zero-order chi connectivity index (χ0) is 11.1. The Bertz CT molecular complexity index is 557. The van der Waals surface area contributed by atoms with Crippen molar-refractivity contribution in [2.75, 3.05) is 0 Å². The molecule has 2 N–H and O–H groups in total. The fourth-order valence-corrected chi connectivity index (χ4v) is 1.95. The summed E-state index contributed by atoms with van der Waals surface area (Å²) < 4.78 is 0. The van der Waals surface area contributed by atoms with Crippen molar-refractivity contribution in [2.45, 2.75) is 18.9 Å². The maximum Gasteiger partial charge on any atom is 0.251 e. The molecule has 82 valence electrons. The Labute approximate surface area is 97.8 Å². The molecule has 1 aromatic heterocycles. The molecule has 2 aromatic rings. The fourth-order valence-electron chi connectivity index (χ4n) is 1.73. The second-order valence-electron chi connectivity index (χ2n) is 4.14. The fraction of sp³-hybridized carbons (Fsp3) is 0.250. The second-order valence-corrected chi connectivity index (χ2v) is 4.55. The SMILES string of the molecule is O=C(NC1CC1)c1ccc2c(Cl)c[nH]c2c1. The number of nitrogens with one attached hydrogen (secondary N) is 2. The number of halogens is 1. The first kappa shape index (κ1) is 9.73. The molecule has 0 radical (unpaired) electrons. The van der Waals surface area contributed by atoms with Gasteiger partial charge < -0.3 is 10.3 Å². The van der Waals surface area contributed by atoms with E-state index in [0.717, 1.165) is 23.7 Å². The number of aromatic amines is 1. The molecule has 1 aliphatic carbocycles. The average Bonchev–Trinajstić information content (AvgIpc) is 3.02. The molecule has 1 amide bonds.